The Balaban J connectivity index is 3.23. The third-order valence-electron chi connectivity index (χ3n) is 2.56. The lowest BCUT2D eigenvalue weighted by atomic mass is 10.1. The van der Waals surface area contributed by atoms with Crippen LogP contribution in [0.4, 0.5) is 18.9 Å². The summed E-state index contributed by atoms with van der Waals surface area (Å²) in [4.78, 5) is -0.179. The first-order chi connectivity index (χ1) is 8.58. The molecule has 4 nitrogen and oxygen atoms in total. The number of sulfonamides is 1. The van der Waals surface area contributed by atoms with Crippen molar-refractivity contribution < 1.29 is 21.6 Å². The third-order valence-corrected chi connectivity index (χ3v) is 4.45. The summed E-state index contributed by atoms with van der Waals surface area (Å²) in [6.45, 7) is 0.182. The van der Waals surface area contributed by atoms with Gasteiger partial charge >= 0.3 is 6.18 Å². The van der Waals surface area contributed by atoms with Gasteiger partial charge in [0.15, 0.2) is 0 Å². The number of anilines is 1. The molecule has 0 aliphatic carbocycles. The second kappa shape index (κ2) is 5.38. The highest BCUT2D eigenvalue weighted by Crippen LogP contribution is 2.25. The molecule has 0 radical (unpaired) electrons. The van der Waals surface area contributed by atoms with E-state index in [0.717, 1.165) is 7.05 Å². The van der Waals surface area contributed by atoms with Crippen LogP contribution >= 0.6 is 0 Å². The molecule has 8 heteroatoms. The van der Waals surface area contributed by atoms with Gasteiger partial charge < -0.3 is 5.73 Å². The quantitative estimate of drug-likeness (QED) is 0.865. The number of alkyl halides is 3. The van der Waals surface area contributed by atoms with E-state index in [2.05, 4.69) is 0 Å². The van der Waals surface area contributed by atoms with Crippen molar-refractivity contribution in [2.45, 2.75) is 24.4 Å². The van der Waals surface area contributed by atoms with Crippen molar-refractivity contribution in [3.05, 3.63) is 23.8 Å². The number of nitrogen functional groups attached to an aromatic ring is 1. The van der Waals surface area contributed by atoms with Crippen molar-refractivity contribution >= 4 is 15.7 Å². The van der Waals surface area contributed by atoms with Gasteiger partial charge in [-0.05, 0) is 24.1 Å². The van der Waals surface area contributed by atoms with Crippen LogP contribution in [0, 0.1) is 0 Å². The number of hydrogen-bond acceptors (Lipinski definition) is 3. The molecule has 1 aromatic rings. The number of halogens is 3. The van der Waals surface area contributed by atoms with E-state index < -0.39 is 22.7 Å². The molecule has 0 spiro atoms. The molecule has 0 saturated heterocycles. The van der Waals surface area contributed by atoms with Crippen LogP contribution < -0.4 is 5.73 Å². The highest BCUT2D eigenvalue weighted by atomic mass is 32.2. The fraction of sp³-hybridized carbons (Fsp3) is 0.455. The zero-order valence-electron chi connectivity index (χ0n) is 10.5. The molecule has 0 bridgehead atoms. The van der Waals surface area contributed by atoms with Crippen LogP contribution in [0.3, 0.4) is 0 Å². The minimum atomic E-state index is -4.59. The number of nitrogens with zero attached hydrogens (tertiary/aromatic N) is 1. The molecule has 1 rings (SSSR count). The van der Waals surface area contributed by atoms with Gasteiger partial charge in [0, 0.05) is 12.7 Å². The van der Waals surface area contributed by atoms with E-state index in [4.69, 9.17) is 5.73 Å². The molecule has 0 fully saturated rings. The van der Waals surface area contributed by atoms with E-state index >= 15 is 0 Å². The highest BCUT2D eigenvalue weighted by Gasteiger charge is 2.35. The Bertz CT molecular complexity index is 556. The average Bonchev–Trinajstić information content (AvgIpc) is 2.26. The van der Waals surface area contributed by atoms with Crippen molar-refractivity contribution in [1.29, 1.82) is 0 Å². The van der Waals surface area contributed by atoms with E-state index in [1.165, 1.54) is 18.2 Å². The molecule has 2 N–H and O–H groups in total. The summed E-state index contributed by atoms with van der Waals surface area (Å²) < 4.78 is 61.4. The summed E-state index contributed by atoms with van der Waals surface area (Å²) in [7, 11) is -3.31. The van der Waals surface area contributed by atoms with E-state index in [9.17, 15) is 21.6 Å². The summed E-state index contributed by atoms with van der Waals surface area (Å²) in [5.74, 6) is 0. The van der Waals surface area contributed by atoms with Crippen LogP contribution in [0.2, 0.25) is 0 Å². The first-order valence-electron chi connectivity index (χ1n) is 5.49. The first kappa shape index (κ1) is 15.8. The maximum absolute atomic E-state index is 12.3. The molecule has 0 aliphatic rings. The zero-order valence-corrected chi connectivity index (χ0v) is 11.3. The molecule has 0 atom stereocenters. The zero-order chi connectivity index (χ0) is 14.8. The monoisotopic (exact) mass is 296 g/mol. The maximum atomic E-state index is 12.3. The van der Waals surface area contributed by atoms with E-state index in [0.29, 0.717) is 12.0 Å². The number of aryl methyl sites for hydroxylation is 1. The van der Waals surface area contributed by atoms with Gasteiger partial charge in [-0.2, -0.15) is 17.5 Å². The van der Waals surface area contributed by atoms with Crippen LogP contribution in [-0.4, -0.2) is 32.5 Å². The van der Waals surface area contributed by atoms with Gasteiger partial charge in [-0.3, -0.25) is 0 Å². The lowest BCUT2D eigenvalue weighted by molar-refractivity contribution is -0.134. The number of benzene rings is 1. The lowest BCUT2D eigenvalue weighted by Crippen LogP contribution is -2.36. The van der Waals surface area contributed by atoms with Crippen LogP contribution in [0.5, 0.6) is 0 Å². The van der Waals surface area contributed by atoms with Gasteiger partial charge in [0.1, 0.15) is 6.54 Å². The fourth-order valence-electron chi connectivity index (χ4n) is 1.61. The van der Waals surface area contributed by atoms with Crippen molar-refractivity contribution in [3.63, 3.8) is 0 Å². The van der Waals surface area contributed by atoms with Gasteiger partial charge in [0.25, 0.3) is 0 Å². The molecular formula is C11H15F3N2O2S. The van der Waals surface area contributed by atoms with Gasteiger partial charge in [-0.25, -0.2) is 8.42 Å². The van der Waals surface area contributed by atoms with Crippen molar-refractivity contribution in [3.8, 4) is 0 Å². The summed E-state index contributed by atoms with van der Waals surface area (Å²) in [5.41, 5.74) is 6.13. The van der Waals surface area contributed by atoms with Crippen molar-refractivity contribution in [2.24, 2.45) is 0 Å². The van der Waals surface area contributed by atoms with E-state index in [1.807, 2.05) is 0 Å². The molecule has 0 aromatic heterocycles. The number of hydrogen-bond donors (Lipinski definition) is 1. The Hall–Kier alpha value is -1.28. The van der Waals surface area contributed by atoms with Crippen molar-refractivity contribution in [2.75, 3.05) is 19.3 Å². The third kappa shape index (κ3) is 3.84. The van der Waals surface area contributed by atoms with E-state index in [-0.39, 0.29) is 14.9 Å². The number of rotatable bonds is 4. The predicted molar refractivity (Wildman–Crippen MR) is 66.1 cm³/mol. The van der Waals surface area contributed by atoms with Crippen LogP contribution in [0.25, 0.3) is 0 Å². The molecule has 0 amide bonds. The fourth-order valence-corrected chi connectivity index (χ4v) is 3.09. The summed E-state index contributed by atoms with van der Waals surface area (Å²) in [5, 5.41) is 0. The molecule has 0 saturated carbocycles. The minimum Gasteiger partial charge on any atom is -0.399 e. The second-order valence-corrected chi connectivity index (χ2v) is 6.11. The Labute approximate surface area is 110 Å². The molecule has 0 heterocycles. The van der Waals surface area contributed by atoms with Crippen LogP contribution in [0.15, 0.2) is 23.1 Å². The Morgan fingerprint density at radius 2 is 1.89 bits per heavy atom. The summed E-state index contributed by atoms with van der Waals surface area (Å²) in [6, 6.07) is 4.20. The Morgan fingerprint density at radius 3 is 2.37 bits per heavy atom. The Morgan fingerprint density at radius 1 is 1.32 bits per heavy atom. The topological polar surface area (TPSA) is 63.4 Å². The van der Waals surface area contributed by atoms with Crippen molar-refractivity contribution in [1.82, 2.24) is 4.31 Å². The molecule has 1 aromatic carbocycles. The van der Waals surface area contributed by atoms with Gasteiger partial charge in [-0.1, -0.05) is 13.0 Å². The largest absolute Gasteiger partial charge is 0.402 e. The minimum absolute atomic E-state index is 0.179. The standard InChI is InChI=1S/C11H15F3N2O2S/c1-3-8-4-5-9(15)6-10(8)19(17,18)16(2)7-11(12,13)14/h4-6H,3,7,15H2,1-2H3. The molecule has 0 aliphatic heterocycles. The number of nitrogens with two attached hydrogens (primary N) is 1. The van der Waals surface area contributed by atoms with Gasteiger partial charge in [-0.15, -0.1) is 0 Å². The molecular weight excluding hydrogens is 281 g/mol. The normalized spacial score (nSPS) is 12.9. The average molecular weight is 296 g/mol. The first-order valence-corrected chi connectivity index (χ1v) is 6.93. The van der Waals surface area contributed by atoms with Crippen LogP contribution in [-0.2, 0) is 16.4 Å². The molecule has 0 unspecified atom stereocenters. The maximum Gasteiger partial charge on any atom is 0.402 e. The van der Waals surface area contributed by atoms with Crippen LogP contribution in [0.1, 0.15) is 12.5 Å². The van der Waals surface area contributed by atoms with Gasteiger partial charge in [0.05, 0.1) is 4.90 Å². The van der Waals surface area contributed by atoms with E-state index in [1.54, 1.807) is 6.92 Å². The second-order valence-electron chi connectivity index (χ2n) is 4.10. The molecule has 108 valence electrons. The Kier molecular flexibility index (Phi) is 4.46. The summed E-state index contributed by atoms with van der Waals surface area (Å²) >= 11 is 0. The van der Waals surface area contributed by atoms with Gasteiger partial charge in [0.2, 0.25) is 10.0 Å². The predicted octanol–water partition coefficient (Wildman–Crippen LogP) is 2.01. The SMILES string of the molecule is CCc1ccc(N)cc1S(=O)(=O)N(C)CC(F)(F)F. The smallest absolute Gasteiger partial charge is 0.399 e. The summed E-state index contributed by atoms with van der Waals surface area (Å²) in [6.07, 6.45) is -4.21. The highest BCUT2D eigenvalue weighted by molar-refractivity contribution is 7.89. The lowest BCUT2D eigenvalue weighted by Gasteiger charge is -2.20. The molecule has 19 heavy (non-hydrogen) atoms.